The van der Waals surface area contributed by atoms with Gasteiger partial charge in [-0.3, -0.25) is 4.79 Å². The van der Waals surface area contributed by atoms with Crippen molar-refractivity contribution in [3.05, 3.63) is 23.8 Å². The summed E-state index contributed by atoms with van der Waals surface area (Å²) in [4.78, 5) is 11.4. The molecular formula is C13H19NO3. The molecule has 0 saturated heterocycles. The van der Waals surface area contributed by atoms with Crippen LogP contribution in [-0.2, 0) is 4.79 Å². The van der Waals surface area contributed by atoms with Gasteiger partial charge >= 0.3 is 0 Å². The fraction of sp³-hybridized carbons (Fsp3) is 0.462. The van der Waals surface area contributed by atoms with E-state index >= 15 is 0 Å². The lowest BCUT2D eigenvalue weighted by Gasteiger charge is -2.14. The number of aliphatic hydroxyl groups excluding tert-OH is 1. The third kappa shape index (κ3) is 3.46. The normalized spacial score (nSPS) is 12.4. The molecule has 0 aliphatic carbocycles. The fourth-order valence-corrected chi connectivity index (χ4v) is 1.51. The highest BCUT2D eigenvalue weighted by Crippen LogP contribution is 2.29. The van der Waals surface area contributed by atoms with E-state index in [2.05, 4.69) is 19.2 Å². The van der Waals surface area contributed by atoms with Crippen LogP contribution in [0.4, 0.5) is 5.69 Å². The van der Waals surface area contributed by atoms with E-state index in [0.29, 0.717) is 11.6 Å². The van der Waals surface area contributed by atoms with Crippen molar-refractivity contribution in [2.24, 2.45) is 0 Å². The van der Waals surface area contributed by atoms with Crippen molar-refractivity contribution < 1.29 is 14.6 Å². The first kappa shape index (κ1) is 13.5. The van der Waals surface area contributed by atoms with Gasteiger partial charge in [-0.05, 0) is 36.6 Å². The summed E-state index contributed by atoms with van der Waals surface area (Å²) in [6, 6.07) is 5.43. The lowest BCUT2D eigenvalue weighted by Crippen LogP contribution is -2.24. The van der Waals surface area contributed by atoms with Crippen molar-refractivity contribution in [3.8, 4) is 5.75 Å². The number of methoxy groups -OCH3 is 1. The Hall–Kier alpha value is -1.55. The average Bonchev–Trinajstić information content (AvgIpc) is 2.28. The zero-order valence-electron chi connectivity index (χ0n) is 10.7. The van der Waals surface area contributed by atoms with Gasteiger partial charge in [0.2, 0.25) is 0 Å². The number of aliphatic hydroxyl groups is 1. The molecule has 0 radical (unpaired) electrons. The van der Waals surface area contributed by atoms with Crippen LogP contribution >= 0.6 is 0 Å². The first-order chi connectivity index (χ1) is 7.95. The number of hydrogen-bond acceptors (Lipinski definition) is 3. The predicted molar refractivity (Wildman–Crippen MR) is 67.4 cm³/mol. The van der Waals surface area contributed by atoms with Crippen molar-refractivity contribution in [1.82, 2.24) is 0 Å². The Balaban J connectivity index is 2.96. The number of carbonyl (C=O) groups excluding carboxylic acids is 1. The number of ether oxygens (including phenoxy) is 1. The van der Waals surface area contributed by atoms with Crippen LogP contribution < -0.4 is 10.1 Å². The van der Waals surface area contributed by atoms with Crippen LogP contribution in [0, 0.1) is 0 Å². The SMILES string of the molecule is COc1ccc(NC(=O)C(C)O)cc1C(C)C. The third-order valence-electron chi connectivity index (χ3n) is 2.50. The van der Waals surface area contributed by atoms with Gasteiger partial charge in [-0.15, -0.1) is 0 Å². The molecule has 0 fully saturated rings. The zero-order valence-corrected chi connectivity index (χ0v) is 10.7. The lowest BCUT2D eigenvalue weighted by atomic mass is 10.0. The molecule has 0 aliphatic rings. The number of rotatable bonds is 4. The number of hydrogen-bond donors (Lipinski definition) is 2. The highest BCUT2D eigenvalue weighted by atomic mass is 16.5. The minimum Gasteiger partial charge on any atom is -0.496 e. The second kappa shape index (κ2) is 5.68. The van der Waals surface area contributed by atoms with Crippen LogP contribution in [0.25, 0.3) is 0 Å². The summed E-state index contributed by atoms with van der Waals surface area (Å²) in [7, 11) is 1.62. The van der Waals surface area contributed by atoms with E-state index in [0.717, 1.165) is 11.3 Å². The van der Waals surface area contributed by atoms with Gasteiger partial charge in [-0.2, -0.15) is 0 Å². The van der Waals surface area contributed by atoms with Crippen LogP contribution in [0.3, 0.4) is 0 Å². The molecule has 17 heavy (non-hydrogen) atoms. The third-order valence-corrected chi connectivity index (χ3v) is 2.50. The van der Waals surface area contributed by atoms with Crippen LogP contribution in [-0.4, -0.2) is 24.2 Å². The summed E-state index contributed by atoms with van der Waals surface area (Å²) in [5.41, 5.74) is 1.69. The summed E-state index contributed by atoms with van der Waals surface area (Å²) in [5, 5.41) is 11.8. The molecule has 1 atom stereocenters. The Kier molecular flexibility index (Phi) is 4.52. The maximum absolute atomic E-state index is 11.4. The highest BCUT2D eigenvalue weighted by molar-refractivity contribution is 5.93. The molecule has 1 aromatic rings. The number of anilines is 1. The summed E-state index contributed by atoms with van der Waals surface area (Å²) in [5.74, 6) is 0.688. The summed E-state index contributed by atoms with van der Waals surface area (Å²) >= 11 is 0. The molecule has 1 aromatic carbocycles. The van der Waals surface area contributed by atoms with Gasteiger partial charge in [0, 0.05) is 5.69 Å². The maximum Gasteiger partial charge on any atom is 0.252 e. The monoisotopic (exact) mass is 237 g/mol. The molecule has 0 bridgehead atoms. The van der Waals surface area contributed by atoms with Crippen molar-refractivity contribution in [1.29, 1.82) is 0 Å². The van der Waals surface area contributed by atoms with Crippen molar-refractivity contribution in [2.45, 2.75) is 32.8 Å². The van der Waals surface area contributed by atoms with E-state index in [9.17, 15) is 4.79 Å². The Morgan fingerprint density at radius 2 is 2.00 bits per heavy atom. The molecule has 4 heteroatoms. The second-order valence-electron chi connectivity index (χ2n) is 4.28. The van der Waals surface area contributed by atoms with E-state index in [1.165, 1.54) is 6.92 Å². The molecule has 1 unspecified atom stereocenters. The minimum absolute atomic E-state index is 0.299. The van der Waals surface area contributed by atoms with Gasteiger partial charge in [-0.25, -0.2) is 0 Å². The van der Waals surface area contributed by atoms with Gasteiger partial charge in [0.15, 0.2) is 0 Å². The van der Waals surface area contributed by atoms with Gasteiger partial charge in [-0.1, -0.05) is 13.8 Å². The first-order valence-electron chi connectivity index (χ1n) is 5.62. The Bertz CT molecular complexity index is 400. The van der Waals surface area contributed by atoms with E-state index in [1.807, 2.05) is 12.1 Å². The number of amides is 1. The van der Waals surface area contributed by atoms with E-state index in [-0.39, 0.29) is 0 Å². The molecule has 0 saturated carbocycles. The molecule has 4 nitrogen and oxygen atoms in total. The summed E-state index contributed by atoms with van der Waals surface area (Å²) < 4.78 is 5.25. The van der Waals surface area contributed by atoms with Crippen LogP contribution in [0.5, 0.6) is 5.75 Å². The number of benzene rings is 1. The molecule has 0 aliphatic heterocycles. The second-order valence-corrected chi connectivity index (χ2v) is 4.28. The van der Waals surface area contributed by atoms with Crippen LogP contribution in [0.2, 0.25) is 0 Å². The number of nitrogens with one attached hydrogen (secondary N) is 1. The van der Waals surface area contributed by atoms with Crippen molar-refractivity contribution in [2.75, 3.05) is 12.4 Å². The Morgan fingerprint density at radius 1 is 1.35 bits per heavy atom. The van der Waals surface area contributed by atoms with E-state index in [4.69, 9.17) is 9.84 Å². The highest BCUT2D eigenvalue weighted by Gasteiger charge is 2.12. The Labute approximate surface area is 102 Å². The average molecular weight is 237 g/mol. The molecule has 0 aromatic heterocycles. The minimum atomic E-state index is -1.01. The van der Waals surface area contributed by atoms with Gasteiger partial charge in [0.1, 0.15) is 11.9 Å². The number of carbonyl (C=O) groups is 1. The van der Waals surface area contributed by atoms with Gasteiger partial charge in [0.25, 0.3) is 5.91 Å². The quantitative estimate of drug-likeness (QED) is 0.843. The zero-order chi connectivity index (χ0) is 13.0. The lowest BCUT2D eigenvalue weighted by molar-refractivity contribution is -0.123. The van der Waals surface area contributed by atoms with E-state index < -0.39 is 12.0 Å². The molecule has 2 N–H and O–H groups in total. The molecule has 1 amide bonds. The summed E-state index contributed by atoms with van der Waals surface area (Å²) in [6.07, 6.45) is -1.01. The maximum atomic E-state index is 11.4. The predicted octanol–water partition coefficient (Wildman–Crippen LogP) is 2.14. The molecular weight excluding hydrogens is 218 g/mol. The molecule has 1 rings (SSSR count). The fourth-order valence-electron chi connectivity index (χ4n) is 1.51. The smallest absolute Gasteiger partial charge is 0.252 e. The van der Waals surface area contributed by atoms with Crippen LogP contribution in [0.1, 0.15) is 32.3 Å². The molecule has 0 heterocycles. The van der Waals surface area contributed by atoms with E-state index in [1.54, 1.807) is 13.2 Å². The van der Waals surface area contributed by atoms with Crippen molar-refractivity contribution >= 4 is 11.6 Å². The first-order valence-corrected chi connectivity index (χ1v) is 5.62. The summed E-state index contributed by atoms with van der Waals surface area (Å²) in [6.45, 7) is 5.54. The topological polar surface area (TPSA) is 58.6 Å². The Morgan fingerprint density at radius 3 is 2.47 bits per heavy atom. The van der Waals surface area contributed by atoms with Crippen LogP contribution in [0.15, 0.2) is 18.2 Å². The van der Waals surface area contributed by atoms with Gasteiger partial charge < -0.3 is 15.2 Å². The largest absolute Gasteiger partial charge is 0.496 e. The standard InChI is InChI=1S/C13H19NO3/c1-8(2)11-7-10(5-6-12(11)17-4)14-13(16)9(3)15/h5-9,15H,1-4H3,(H,14,16). The van der Waals surface area contributed by atoms with Gasteiger partial charge in [0.05, 0.1) is 7.11 Å². The van der Waals surface area contributed by atoms with Crippen molar-refractivity contribution in [3.63, 3.8) is 0 Å². The molecule has 0 spiro atoms. The molecule has 94 valence electrons.